The molecular weight excluding hydrogens is 288 g/mol. The van der Waals surface area contributed by atoms with E-state index in [1.54, 1.807) is 42.5 Å². The molecule has 0 saturated carbocycles. The van der Waals surface area contributed by atoms with Gasteiger partial charge in [0.25, 0.3) is 0 Å². The molecule has 21 heavy (non-hydrogen) atoms. The Bertz CT molecular complexity index is 866. The van der Waals surface area contributed by atoms with E-state index in [2.05, 4.69) is 0 Å². The largest absolute Gasteiger partial charge is 0.459 e. The molecule has 2 aromatic carbocycles. The van der Waals surface area contributed by atoms with Crippen LogP contribution in [0.3, 0.4) is 0 Å². The van der Waals surface area contributed by atoms with E-state index >= 15 is 0 Å². The third-order valence-corrected chi connectivity index (χ3v) is 3.49. The van der Waals surface area contributed by atoms with Gasteiger partial charge in [0.1, 0.15) is 5.76 Å². The van der Waals surface area contributed by atoms with Crippen molar-refractivity contribution in [2.75, 3.05) is 0 Å². The molecule has 0 saturated heterocycles. The molecule has 0 aliphatic heterocycles. The van der Waals surface area contributed by atoms with Crippen molar-refractivity contribution in [2.45, 2.75) is 6.42 Å². The molecule has 0 aliphatic rings. The molecule has 0 aliphatic carbocycles. The summed E-state index contributed by atoms with van der Waals surface area (Å²) in [4.78, 5) is 24.2. The Hall–Kier alpha value is -2.39. The van der Waals surface area contributed by atoms with E-state index in [1.807, 2.05) is 6.07 Å². The van der Waals surface area contributed by atoms with Gasteiger partial charge in [-0.1, -0.05) is 48.0 Å². The normalized spacial score (nSPS) is 10.7. The number of Topliss-reactive ketones (excluding diaryl/α,β-unsaturated/α-hetero) is 1. The number of benzene rings is 2. The quantitative estimate of drug-likeness (QED) is 0.690. The number of para-hydroxylation sites is 1. The molecule has 0 atom stereocenters. The molecule has 4 heteroatoms. The Kier molecular flexibility index (Phi) is 3.59. The molecule has 0 radical (unpaired) electrons. The van der Waals surface area contributed by atoms with Gasteiger partial charge in [-0.05, 0) is 12.1 Å². The number of ketones is 1. The zero-order valence-electron chi connectivity index (χ0n) is 11.0. The topological polar surface area (TPSA) is 47.3 Å². The first-order chi connectivity index (χ1) is 10.1. The van der Waals surface area contributed by atoms with Crippen molar-refractivity contribution in [3.05, 3.63) is 81.2 Å². The molecule has 0 N–H and O–H groups in total. The first kappa shape index (κ1) is 13.6. The molecule has 1 heterocycles. The third kappa shape index (κ3) is 2.73. The van der Waals surface area contributed by atoms with Crippen molar-refractivity contribution >= 4 is 28.4 Å². The molecule has 3 rings (SSSR count). The standard InChI is InChI=1S/C17H11ClO3/c18-14-8-4-7-13-16(20)10-12(21-17(13)14)9-15(19)11-5-2-1-3-6-11/h1-8,10H,9H2. The molecule has 0 unspecified atom stereocenters. The van der Waals surface area contributed by atoms with Crippen LogP contribution >= 0.6 is 11.6 Å². The van der Waals surface area contributed by atoms with E-state index in [0.717, 1.165) is 0 Å². The maximum absolute atomic E-state index is 12.2. The zero-order valence-corrected chi connectivity index (χ0v) is 11.8. The van der Waals surface area contributed by atoms with Crippen molar-refractivity contribution in [3.63, 3.8) is 0 Å². The highest BCUT2D eigenvalue weighted by atomic mass is 35.5. The first-order valence-electron chi connectivity index (χ1n) is 6.44. The van der Waals surface area contributed by atoms with Crippen LogP contribution in [0.25, 0.3) is 11.0 Å². The molecular formula is C17H11ClO3. The Labute approximate surface area is 125 Å². The minimum absolute atomic E-state index is 0.0282. The number of fused-ring (bicyclic) bond motifs is 1. The molecule has 3 aromatic rings. The predicted molar refractivity (Wildman–Crippen MR) is 82.0 cm³/mol. The summed E-state index contributed by atoms with van der Waals surface area (Å²) in [5.41, 5.74) is 0.705. The van der Waals surface area contributed by atoms with Crippen LogP contribution in [0.2, 0.25) is 5.02 Å². The summed E-state index contributed by atoms with van der Waals surface area (Å²) < 4.78 is 5.61. The number of rotatable bonds is 3. The van der Waals surface area contributed by atoms with Crippen LogP contribution in [0.5, 0.6) is 0 Å². The Balaban J connectivity index is 2.00. The second-order valence-corrected chi connectivity index (χ2v) is 5.07. The van der Waals surface area contributed by atoms with Gasteiger partial charge in [0.05, 0.1) is 16.8 Å². The van der Waals surface area contributed by atoms with Gasteiger partial charge in [-0.25, -0.2) is 0 Å². The lowest BCUT2D eigenvalue weighted by Crippen LogP contribution is -2.08. The van der Waals surface area contributed by atoms with Gasteiger partial charge in [0.2, 0.25) is 0 Å². The Morgan fingerprint density at radius 2 is 1.81 bits per heavy atom. The predicted octanol–water partition coefficient (Wildman–Crippen LogP) is 3.87. The van der Waals surface area contributed by atoms with Gasteiger partial charge in [-0.15, -0.1) is 0 Å². The molecule has 0 spiro atoms. The number of hydrogen-bond acceptors (Lipinski definition) is 3. The highest BCUT2D eigenvalue weighted by Crippen LogP contribution is 2.22. The maximum Gasteiger partial charge on any atom is 0.193 e. The Morgan fingerprint density at radius 1 is 1.05 bits per heavy atom. The summed E-state index contributed by atoms with van der Waals surface area (Å²) in [7, 11) is 0. The van der Waals surface area contributed by atoms with E-state index in [0.29, 0.717) is 27.3 Å². The van der Waals surface area contributed by atoms with Gasteiger partial charge in [-0.2, -0.15) is 0 Å². The van der Waals surface area contributed by atoms with Crippen molar-refractivity contribution < 1.29 is 9.21 Å². The number of carbonyl (C=O) groups excluding carboxylic acids is 1. The van der Waals surface area contributed by atoms with E-state index in [-0.39, 0.29) is 17.6 Å². The zero-order chi connectivity index (χ0) is 14.8. The van der Waals surface area contributed by atoms with Gasteiger partial charge < -0.3 is 4.42 Å². The molecule has 1 aromatic heterocycles. The van der Waals surface area contributed by atoms with Crippen LogP contribution in [-0.4, -0.2) is 5.78 Å². The maximum atomic E-state index is 12.2. The van der Waals surface area contributed by atoms with Crippen LogP contribution in [0, 0.1) is 0 Å². The molecule has 3 nitrogen and oxygen atoms in total. The first-order valence-corrected chi connectivity index (χ1v) is 6.82. The van der Waals surface area contributed by atoms with Crippen LogP contribution in [0.1, 0.15) is 16.1 Å². The smallest absolute Gasteiger partial charge is 0.193 e. The summed E-state index contributed by atoms with van der Waals surface area (Å²) in [5.74, 6) is 0.208. The van der Waals surface area contributed by atoms with Gasteiger partial charge in [0, 0.05) is 11.6 Å². The fourth-order valence-electron chi connectivity index (χ4n) is 2.16. The monoisotopic (exact) mass is 298 g/mol. The fraction of sp³-hybridized carbons (Fsp3) is 0.0588. The lowest BCUT2D eigenvalue weighted by molar-refractivity contribution is 0.0987. The summed E-state index contributed by atoms with van der Waals surface area (Å²) in [6.07, 6.45) is 0.0282. The van der Waals surface area contributed by atoms with Crippen LogP contribution in [-0.2, 0) is 6.42 Å². The molecule has 0 fully saturated rings. The van der Waals surface area contributed by atoms with E-state index in [4.69, 9.17) is 16.0 Å². The summed E-state index contributed by atoms with van der Waals surface area (Å²) in [6.45, 7) is 0. The van der Waals surface area contributed by atoms with E-state index in [1.165, 1.54) is 6.07 Å². The van der Waals surface area contributed by atoms with E-state index < -0.39 is 0 Å². The highest BCUT2D eigenvalue weighted by molar-refractivity contribution is 6.34. The van der Waals surface area contributed by atoms with Crippen molar-refractivity contribution in [1.29, 1.82) is 0 Å². The van der Waals surface area contributed by atoms with Gasteiger partial charge in [-0.3, -0.25) is 9.59 Å². The minimum atomic E-state index is -0.199. The number of halogens is 1. The lowest BCUT2D eigenvalue weighted by atomic mass is 10.1. The number of hydrogen-bond donors (Lipinski definition) is 0. The molecule has 104 valence electrons. The second-order valence-electron chi connectivity index (χ2n) is 4.66. The third-order valence-electron chi connectivity index (χ3n) is 3.19. The SMILES string of the molecule is O=C(Cc1cc(=O)c2cccc(Cl)c2o1)c1ccccc1. The average molecular weight is 299 g/mol. The van der Waals surface area contributed by atoms with Crippen LogP contribution in [0.15, 0.2) is 63.8 Å². The van der Waals surface area contributed by atoms with Crippen LogP contribution in [0.4, 0.5) is 0 Å². The Morgan fingerprint density at radius 3 is 2.57 bits per heavy atom. The molecule has 0 amide bonds. The lowest BCUT2D eigenvalue weighted by Gasteiger charge is -2.04. The summed E-state index contributed by atoms with van der Waals surface area (Å²) in [5, 5.41) is 0.775. The number of carbonyl (C=O) groups is 1. The summed E-state index contributed by atoms with van der Waals surface area (Å²) >= 11 is 6.04. The summed E-state index contributed by atoms with van der Waals surface area (Å²) in [6, 6.07) is 15.2. The average Bonchev–Trinajstić information content (AvgIpc) is 2.49. The van der Waals surface area contributed by atoms with Crippen molar-refractivity contribution in [1.82, 2.24) is 0 Å². The van der Waals surface area contributed by atoms with Gasteiger partial charge >= 0.3 is 0 Å². The van der Waals surface area contributed by atoms with E-state index in [9.17, 15) is 9.59 Å². The van der Waals surface area contributed by atoms with Gasteiger partial charge in [0.15, 0.2) is 16.8 Å². The highest BCUT2D eigenvalue weighted by Gasteiger charge is 2.12. The van der Waals surface area contributed by atoms with Crippen molar-refractivity contribution in [2.24, 2.45) is 0 Å². The fourth-order valence-corrected chi connectivity index (χ4v) is 2.38. The minimum Gasteiger partial charge on any atom is -0.459 e. The van der Waals surface area contributed by atoms with Crippen molar-refractivity contribution in [3.8, 4) is 0 Å². The second kappa shape index (κ2) is 5.54. The van der Waals surface area contributed by atoms with Crippen LogP contribution < -0.4 is 5.43 Å². The molecule has 0 bridgehead atoms.